The van der Waals surface area contributed by atoms with E-state index in [9.17, 15) is 9.59 Å². The van der Waals surface area contributed by atoms with Crippen LogP contribution >= 0.6 is 0 Å². The number of benzene rings is 3. The lowest BCUT2D eigenvalue weighted by molar-refractivity contribution is 0.0549. The lowest BCUT2D eigenvalue weighted by Crippen LogP contribution is -2.15. The number of methoxy groups -OCH3 is 2. The normalized spacial score (nSPS) is 10.6. The Morgan fingerprint density at radius 1 is 0.794 bits per heavy atom. The average Bonchev–Trinajstić information content (AvgIpc) is 3.29. The molecule has 7 nitrogen and oxygen atoms in total. The highest BCUT2D eigenvalue weighted by Crippen LogP contribution is 2.31. The van der Waals surface area contributed by atoms with Crippen LogP contribution in [0.5, 0.6) is 0 Å². The Kier molecular flexibility index (Phi) is 6.45. The first-order valence-electron chi connectivity index (χ1n) is 10.7. The molecule has 0 spiro atoms. The fourth-order valence-electron chi connectivity index (χ4n) is 3.72. The molecule has 172 valence electrons. The standard InChI is InChI=1S/C27H25N3O4/c1-18-10-14-20(15-11-18)29(2)21-16-12-19(13-17-21)24-23(26(31)33-3)25(27(32)34-4)30(28-24)22-8-6-5-7-9-22/h5-17H,1-4H3. The summed E-state index contributed by atoms with van der Waals surface area (Å²) in [5.74, 6) is -1.35. The molecule has 1 heterocycles. The lowest BCUT2D eigenvalue weighted by Gasteiger charge is -2.20. The average molecular weight is 456 g/mol. The molecule has 0 saturated carbocycles. The molecule has 1 aromatic heterocycles. The summed E-state index contributed by atoms with van der Waals surface area (Å²) < 4.78 is 11.4. The van der Waals surface area contributed by atoms with E-state index in [4.69, 9.17) is 9.47 Å². The van der Waals surface area contributed by atoms with Gasteiger partial charge >= 0.3 is 11.9 Å². The molecule has 0 aliphatic carbocycles. The third kappa shape index (κ3) is 4.28. The van der Waals surface area contributed by atoms with E-state index in [0.29, 0.717) is 16.9 Å². The molecule has 0 fully saturated rings. The van der Waals surface area contributed by atoms with Crippen molar-refractivity contribution in [2.45, 2.75) is 6.92 Å². The largest absolute Gasteiger partial charge is 0.465 e. The number of nitrogens with zero attached hydrogens (tertiary/aromatic N) is 3. The fraction of sp³-hybridized carbons (Fsp3) is 0.148. The second-order valence-corrected chi connectivity index (χ2v) is 7.74. The Bertz CT molecular complexity index is 1310. The molecule has 34 heavy (non-hydrogen) atoms. The summed E-state index contributed by atoms with van der Waals surface area (Å²) in [4.78, 5) is 27.6. The van der Waals surface area contributed by atoms with Gasteiger partial charge in [-0.05, 0) is 43.3 Å². The maximum Gasteiger partial charge on any atom is 0.357 e. The van der Waals surface area contributed by atoms with Crippen LogP contribution < -0.4 is 4.90 Å². The van der Waals surface area contributed by atoms with Crippen molar-refractivity contribution >= 4 is 23.3 Å². The summed E-state index contributed by atoms with van der Waals surface area (Å²) in [5.41, 5.74) is 4.89. The summed E-state index contributed by atoms with van der Waals surface area (Å²) in [6.07, 6.45) is 0. The second-order valence-electron chi connectivity index (χ2n) is 7.74. The van der Waals surface area contributed by atoms with Gasteiger partial charge in [0.2, 0.25) is 0 Å². The van der Waals surface area contributed by atoms with Crippen molar-refractivity contribution in [3.8, 4) is 16.9 Å². The highest BCUT2D eigenvalue weighted by Gasteiger charge is 2.31. The number of esters is 2. The molecule has 4 rings (SSSR count). The van der Waals surface area contributed by atoms with E-state index in [1.165, 1.54) is 24.5 Å². The number of hydrogen-bond acceptors (Lipinski definition) is 6. The predicted molar refractivity (Wildman–Crippen MR) is 131 cm³/mol. The maximum absolute atomic E-state index is 12.8. The molecule has 0 amide bonds. The van der Waals surface area contributed by atoms with E-state index in [1.807, 2.05) is 49.5 Å². The second kappa shape index (κ2) is 9.62. The van der Waals surface area contributed by atoms with Crippen molar-refractivity contribution in [2.24, 2.45) is 0 Å². The van der Waals surface area contributed by atoms with Crippen LogP contribution in [-0.2, 0) is 9.47 Å². The fourth-order valence-corrected chi connectivity index (χ4v) is 3.72. The van der Waals surface area contributed by atoms with Crippen LogP contribution in [0.15, 0.2) is 78.9 Å². The van der Waals surface area contributed by atoms with Crippen molar-refractivity contribution in [1.82, 2.24) is 9.78 Å². The molecule has 0 radical (unpaired) electrons. The van der Waals surface area contributed by atoms with Gasteiger partial charge in [-0.2, -0.15) is 5.10 Å². The van der Waals surface area contributed by atoms with Crippen LogP contribution in [0.2, 0.25) is 0 Å². The summed E-state index contributed by atoms with van der Waals surface area (Å²) in [5, 5.41) is 4.63. The smallest absolute Gasteiger partial charge is 0.357 e. The van der Waals surface area contributed by atoms with Gasteiger partial charge < -0.3 is 14.4 Å². The monoisotopic (exact) mass is 455 g/mol. The number of rotatable bonds is 6. The number of hydrogen-bond donors (Lipinski definition) is 0. The molecule has 7 heteroatoms. The number of aryl methyl sites for hydroxylation is 1. The van der Waals surface area contributed by atoms with Gasteiger partial charge in [0.1, 0.15) is 11.3 Å². The van der Waals surface area contributed by atoms with Crippen molar-refractivity contribution in [2.75, 3.05) is 26.2 Å². The minimum absolute atomic E-state index is 0.0106. The molecule has 0 aliphatic rings. The topological polar surface area (TPSA) is 73.7 Å². The Morgan fingerprint density at radius 3 is 1.91 bits per heavy atom. The number of aromatic nitrogens is 2. The maximum atomic E-state index is 12.8. The van der Waals surface area contributed by atoms with Crippen LogP contribution in [0, 0.1) is 6.92 Å². The number of carbonyl (C=O) groups excluding carboxylic acids is 2. The zero-order valence-corrected chi connectivity index (χ0v) is 19.5. The minimum Gasteiger partial charge on any atom is -0.465 e. The highest BCUT2D eigenvalue weighted by molar-refractivity contribution is 6.06. The number of ether oxygens (including phenoxy) is 2. The van der Waals surface area contributed by atoms with Crippen molar-refractivity contribution in [3.05, 3.63) is 95.7 Å². The molecule has 4 aromatic rings. The first-order valence-corrected chi connectivity index (χ1v) is 10.7. The van der Waals surface area contributed by atoms with Crippen LogP contribution in [0.3, 0.4) is 0 Å². The van der Waals surface area contributed by atoms with Crippen molar-refractivity contribution < 1.29 is 19.1 Å². The Balaban J connectivity index is 1.82. The molecule has 0 N–H and O–H groups in total. The van der Waals surface area contributed by atoms with Crippen molar-refractivity contribution in [3.63, 3.8) is 0 Å². The SMILES string of the molecule is COC(=O)c1c(-c2ccc(N(C)c3ccc(C)cc3)cc2)nn(-c2ccccc2)c1C(=O)OC. The van der Waals surface area contributed by atoms with E-state index in [1.54, 1.807) is 12.1 Å². The van der Waals surface area contributed by atoms with E-state index in [0.717, 1.165) is 11.4 Å². The number of anilines is 2. The molecule has 0 bridgehead atoms. The zero-order chi connectivity index (χ0) is 24.2. The quantitative estimate of drug-likeness (QED) is 0.373. The third-order valence-electron chi connectivity index (χ3n) is 5.60. The molecule has 3 aromatic carbocycles. The van der Waals surface area contributed by atoms with Gasteiger partial charge in [-0.15, -0.1) is 0 Å². The van der Waals surface area contributed by atoms with Gasteiger partial charge in [0, 0.05) is 24.0 Å². The van der Waals surface area contributed by atoms with Gasteiger partial charge in [0.05, 0.1) is 19.9 Å². The summed E-state index contributed by atoms with van der Waals surface area (Å²) in [6.45, 7) is 2.05. The van der Waals surface area contributed by atoms with Crippen molar-refractivity contribution in [1.29, 1.82) is 0 Å². The third-order valence-corrected chi connectivity index (χ3v) is 5.60. The van der Waals surface area contributed by atoms with E-state index < -0.39 is 11.9 Å². The molecular formula is C27H25N3O4. The van der Waals surface area contributed by atoms with Gasteiger partial charge in [-0.1, -0.05) is 48.0 Å². The summed E-state index contributed by atoms with van der Waals surface area (Å²) >= 11 is 0. The van der Waals surface area contributed by atoms with Gasteiger partial charge in [-0.3, -0.25) is 0 Å². The molecule has 0 atom stereocenters. The summed E-state index contributed by atoms with van der Waals surface area (Å²) in [6, 6.07) is 25.0. The Hall–Kier alpha value is -4.39. The predicted octanol–water partition coefficient (Wildman–Crippen LogP) is 5.19. The molecular weight excluding hydrogens is 430 g/mol. The van der Waals surface area contributed by atoms with Gasteiger partial charge in [-0.25, -0.2) is 14.3 Å². The van der Waals surface area contributed by atoms with Gasteiger partial charge in [0.15, 0.2) is 5.69 Å². The lowest BCUT2D eigenvalue weighted by atomic mass is 10.0. The molecule has 0 unspecified atom stereocenters. The number of carbonyl (C=O) groups is 2. The number of para-hydroxylation sites is 1. The Labute approximate surface area is 198 Å². The van der Waals surface area contributed by atoms with E-state index in [2.05, 4.69) is 41.2 Å². The van der Waals surface area contributed by atoms with Crippen LogP contribution in [0.25, 0.3) is 16.9 Å². The first-order chi connectivity index (χ1) is 16.4. The van der Waals surface area contributed by atoms with E-state index in [-0.39, 0.29) is 11.3 Å². The van der Waals surface area contributed by atoms with Crippen LogP contribution in [0.1, 0.15) is 26.4 Å². The highest BCUT2D eigenvalue weighted by atomic mass is 16.5. The van der Waals surface area contributed by atoms with E-state index >= 15 is 0 Å². The minimum atomic E-state index is -0.682. The first kappa shape index (κ1) is 22.8. The molecule has 0 aliphatic heterocycles. The van der Waals surface area contributed by atoms with Crippen LogP contribution in [-0.4, -0.2) is 43.0 Å². The Morgan fingerprint density at radius 2 is 1.35 bits per heavy atom. The van der Waals surface area contributed by atoms with Gasteiger partial charge in [0.25, 0.3) is 0 Å². The molecule has 0 saturated heterocycles. The zero-order valence-electron chi connectivity index (χ0n) is 19.5. The summed E-state index contributed by atoms with van der Waals surface area (Å²) in [7, 11) is 4.52. The van der Waals surface area contributed by atoms with Crippen LogP contribution in [0.4, 0.5) is 11.4 Å².